The molecule has 3 heterocycles. The smallest absolute Gasteiger partial charge is 0.302 e. The molecule has 1 aromatic carbocycles. The highest BCUT2D eigenvalue weighted by molar-refractivity contribution is 5.91. The highest BCUT2D eigenvalue weighted by atomic mass is 16.4. The van der Waals surface area contributed by atoms with Gasteiger partial charge in [-0.05, 0) is 24.6 Å². The van der Waals surface area contributed by atoms with Gasteiger partial charge in [0.2, 0.25) is 5.91 Å². The Kier molecular flexibility index (Phi) is 3.38. The number of nitrogens with one attached hydrogen (secondary N) is 1. The monoisotopic (exact) mass is 337 g/mol. The van der Waals surface area contributed by atoms with Crippen molar-refractivity contribution in [2.24, 2.45) is 7.05 Å². The molecule has 0 saturated heterocycles. The van der Waals surface area contributed by atoms with Crippen molar-refractivity contribution in [1.82, 2.24) is 19.1 Å². The second kappa shape index (κ2) is 5.59. The molecule has 0 radical (unpaired) electrons. The van der Waals surface area contributed by atoms with Gasteiger partial charge in [0.15, 0.2) is 11.2 Å². The van der Waals surface area contributed by atoms with Crippen LogP contribution in [-0.4, -0.2) is 25.0 Å². The van der Waals surface area contributed by atoms with E-state index < -0.39 is 0 Å². The van der Waals surface area contributed by atoms with E-state index in [1.165, 1.54) is 10.6 Å². The minimum absolute atomic E-state index is 0.0360. The first-order valence-electron chi connectivity index (χ1n) is 7.70. The summed E-state index contributed by atoms with van der Waals surface area (Å²) in [4.78, 5) is 32.6. The topological polar surface area (TPSA) is 95.0 Å². The summed E-state index contributed by atoms with van der Waals surface area (Å²) < 4.78 is 8.64. The van der Waals surface area contributed by atoms with Crippen molar-refractivity contribution in [2.75, 3.05) is 5.32 Å². The van der Waals surface area contributed by atoms with E-state index >= 15 is 0 Å². The number of fused-ring (bicyclic) bond motifs is 2. The highest BCUT2D eigenvalue weighted by Gasteiger charge is 2.14. The molecule has 0 aliphatic heterocycles. The van der Waals surface area contributed by atoms with Gasteiger partial charge in [-0.2, -0.15) is 4.98 Å². The number of nitrogens with zero attached hydrogens (tertiary/aromatic N) is 4. The Morgan fingerprint density at radius 1 is 1.32 bits per heavy atom. The molecule has 0 unspecified atom stereocenters. The molecule has 0 spiro atoms. The summed E-state index contributed by atoms with van der Waals surface area (Å²) in [6.07, 6.45) is 1.54. The quantitative estimate of drug-likeness (QED) is 0.615. The van der Waals surface area contributed by atoms with E-state index in [-0.39, 0.29) is 24.0 Å². The van der Waals surface area contributed by atoms with Gasteiger partial charge in [0, 0.05) is 13.1 Å². The Labute approximate surface area is 141 Å². The largest absolute Gasteiger partial charge is 0.423 e. The Hall–Kier alpha value is -3.42. The first-order valence-corrected chi connectivity index (χ1v) is 7.70. The molecule has 1 N–H and O–H groups in total. The molecule has 0 aliphatic carbocycles. The fraction of sp³-hybridized carbons (Fsp3) is 0.176. The van der Waals surface area contributed by atoms with Crippen molar-refractivity contribution >= 4 is 34.2 Å². The van der Waals surface area contributed by atoms with Crippen LogP contribution in [0, 0.1) is 6.92 Å². The van der Waals surface area contributed by atoms with Gasteiger partial charge in [0.05, 0.1) is 11.8 Å². The molecule has 1 amide bonds. The SMILES string of the molecule is Cc1cc(=O)n(C)c2ncn(CC(=O)Nc3nc4ccccc4o3)c12. The lowest BCUT2D eigenvalue weighted by atomic mass is 10.2. The Morgan fingerprint density at radius 2 is 2.12 bits per heavy atom. The summed E-state index contributed by atoms with van der Waals surface area (Å²) in [6.45, 7) is 1.86. The van der Waals surface area contributed by atoms with Gasteiger partial charge in [0.25, 0.3) is 5.56 Å². The lowest BCUT2D eigenvalue weighted by Gasteiger charge is -2.07. The number of pyridine rings is 1. The van der Waals surface area contributed by atoms with Crippen LogP contribution in [0.5, 0.6) is 0 Å². The maximum atomic E-state index is 12.3. The third-order valence-corrected chi connectivity index (χ3v) is 4.03. The van der Waals surface area contributed by atoms with Crippen molar-refractivity contribution in [3.8, 4) is 0 Å². The van der Waals surface area contributed by atoms with Crippen molar-refractivity contribution in [3.63, 3.8) is 0 Å². The standard InChI is InChI=1S/C17H15N5O3/c1-10-7-14(24)21(2)16-15(10)22(9-18-16)8-13(23)20-17-19-11-5-3-4-6-12(11)25-17/h3-7,9H,8H2,1-2H3,(H,19,20,23). The van der Waals surface area contributed by atoms with Crippen LogP contribution < -0.4 is 10.9 Å². The van der Waals surface area contributed by atoms with E-state index in [1.54, 1.807) is 24.0 Å². The number of carbonyl (C=O) groups is 1. The maximum Gasteiger partial charge on any atom is 0.302 e. The van der Waals surface area contributed by atoms with Gasteiger partial charge in [-0.3, -0.25) is 19.5 Å². The Bertz CT molecular complexity index is 1140. The van der Waals surface area contributed by atoms with Gasteiger partial charge >= 0.3 is 6.01 Å². The molecule has 4 aromatic rings. The van der Waals surface area contributed by atoms with Crippen molar-refractivity contribution in [1.29, 1.82) is 0 Å². The lowest BCUT2D eigenvalue weighted by molar-refractivity contribution is -0.116. The zero-order valence-corrected chi connectivity index (χ0v) is 13.7. The molecule has 0 atom stereocenters. The number of oxazole rings is 1. The average Bonchev–Trinajstić information content (AvgIpc) is 3.16. The minimum atomic E-state index is -0.292. The van der Waals surface area contributed by atoms with Crippen LogP contribution in [0.2, 0.25) is 0 Å². The molecule has 126 valence electrons. The first-order chi connectivity index (χ1) is 12.0. The molecule has 8 nitrogen and oxygen atoms in total. The van der Waals surface area contributed by atoms with Crippen molar-refractivity contribution < 1.29 is 9.21 Å². The third kappa shape index (κ3) is 2.57. The number of carbonyl (C=O) groups excluding carboxylic acids is 1. The summed E-state index contributed by atoms with van der Waals surface area (Å²) in [6, 6.07) is 8.96. The van der Waals surface area contributed by atoms with E-state index in [2.05, 4.69) is 15.3 Å². The molecule has 0 saturated carbocycles. The van der Waals surface area contributed by atoms with Gasteiger partial charge in [-0.15, -0.1) is 0 Å². The van der Waals surface area contributed by atoms with Crippen LogP contribution in [0.3, 0.4) is 0 Å². The van der Waals surface area contributed by atoms with Crippen LogP contribution in [0.4, 0.5) is 6.01 Å². The van der Waals surface area contributed by atoms with Crippen molar-refractivity contribution in [3.05, 3.63) is 52.6 Å². The van der Waals surface area contributed by atoms with Crippen molar-refractivity contribution in [2.45, 2.75) is 13.5 Å². The number of hydrogen-bond donors (Lipinski definition) is 1. The normalized spacial score (nSPS) is 11.3. The van der Waals surface area contributed by atoms with E-state index in [0.717, 1.165) is 11.1 Å². The number of rotatable bonds is 3. The average molecular weight is 337 g/mol. The van der Waals surface area contributed by atoms with E-state index in [9.17, 15) is 9.59 Å². The number of imidazole rings is 1. The Balaban J connectivity index is 1.61. The summed E-state index contributed by atoms with van der Waals surface area (Å²) >= 11 is 0. The van der Waals surface area contributed by atoms with Crippen LogP contribution in [0.15, 0.2) is 45.9 Å². The van der Waals surface area contributed by atoms with Gasteiger partial charge < -0.3 is 8.98 Å². The highest BCUT2D eigenvalue weighted by Crippen LogP contribution is 2.19. The third-order valence-electron chi connectivity index (χ3n) is 4.03. The number of hydrogen-bond acceptors (Lipinski definition) is 5. The van der Waals surface area contributed by atoms with Gasteiger partial charge in [-0.25, -0.2) is 4.98 Å². The molecule has 8 heteroatoms. The van der Waals surface area contributed by atoms with Crippen LogP contribution in [0.1, 0.15) is 5.56 Å². The predicted molar refractivity (Wildman–Crippen MR) is 92.3 cm³/mol. The fourth-order valence-corrected chi connectivity index (χ4v) is 2.83. The van der Waals surface area contributed by atoms with E-state index in [4.69, 9.17) is 4.42 Å². The first kappa shape index (κ1) is 15.1. The molecule has 0 aliphatic rings. The second-order valence-electron chi connectivity index (χ2n) is 5.80. The number of anilines is 1. The molecular weight excluding hydrogens is 322 g/mol. The van der Waals surface area contributed by atoms with E-state index in [1.807, 2.05) is 25.1 Å². The summed E-state index contributed by atoms with van der Waals surface area (Å²) in [5, 5.41) is 2.65. The fourth-order valence-electron chi connectivity index (χ4n) is 2.83. The molecule has 3 aromatic heterocycles. The Morgan fingerprint density at radius 3 is 2.92 bits per heavy atom. The van der Waals surface area contributed by atoms with Crippen LogP contribution >= 0.6 is 0 Å². The molecule has 25 heavy (non-hydrogen) atoms. The lowest BCUT2D eigenvalue weighted by Crippen LogP contribution is -2.20. The number of benzene rings is 1. The zero-order chi connectivity index (χ0) is 17.6. The summed E-state index contributed by atoms with van der Waals surface area (Å²) in [7, 11) is 1.65. The molecule has 0 fully saturated rings. The molecule has 0 bridgehead atoms. The summed E-state index contributed by atoms with van der Waals surface area (Å²) in [5.41, 5.74) is 3.21. The number of amides is 1. The predicted octanol–water partition coefficient (Wildman–Crippen LogP) is 1.82. The molecule has 4 rings (SSSR count). The number of aryl methyl sites for hydroxylation is 2. The van der Waals surface area contributed by atoms with Gasteiger partial charge in [-0.1, -0.05) is 12.1 Å². The second-order valence-corrected chi connectivity index (χ2v) is 5.80. The van der Waals surface area contributed by atoms with E-state index in [0.29, 0.717) is 16.7 Å². The van der Waals surface area contributed by atoms with Gasteiger partial charge in [0.1, 0.15) is 12.1 Å². The van der Waals surface area contributed by atoms with Crippen LogP contribution in [-0.2, 0) is 18.4 Å². The maximum absolute atomic E-state index is 12.3. The number of aromatic nitrogens is 4. The minimum Gasteiger partial charge on any atom is -0.423 e. The molecular formula is C17H15N5O3. The number of para-hydroxylation sites is 2. The van der Waals surface area contributed by atoms with Crippen LogP contribution in [0.25, 0.3) is 22.3 Å². The zero-order valence-electron chi connectivity index (χ0n) is 13.7. The summed E-state index contributed by atoms with van der Waals surface area (Å²) in [5.74, 6) is -0.292.